The van der Waals surface area contributed by atoms with Gasteiger partial charge in [-0.3, -0.25) is 0 Å². The second kappa shape index (κ2) is 6.27. The van der Waals surface area contributed by atoms with Crippen molar-refractivity contribution in [2.75, 3.05) is 31.2 Å². The fraction of sp³-hybridized carbons (Fsp3) is 0.385. The zero-order chi connectivity index (χ0) is 15.6. The average Bonchev–Trinajstić information content (AvgIpc) is 3.01. The minimum absolute atomic E-state index is 0.0859. The monoisotopic (exact) mass is 343 g/mol. The van der Waals surface area contributed by atoms with Crippen LogP contribution in [0, 0.1) is 5.82 Å². The van der Waals surface area contributed by atoms with Gasteiger partial charge in [-0.2, -0.15) is 0 Å². The van der Waals surface area contributed by atoms with Gasteiger partial charge in [0.05, 0.1) is 19.0 Å². The van der Waals surface area contributed by atoms with Crippen LogP contribution in [0.3, 0.4) is 0 Å². The van der Waals surface area contributed by atoms with Crippen molar-refractivity contribution in [1.29, 1.82) is 0 Å². The van der Waals surface area contributed by atoms with Gasteiger partial charge in [-0.25, -0.2) is 12.8 Å². The Balaban J connectivity index is 1.81. The van der Waals surface area contributed by atoms with E-state index >= 15 is 0 Å². The summed E-state index contributed by atoms with van der Waals surface area (Å²) in [6.07, 6.45) is 0. The minimum atomic E-state index is -3.71. The maximum absolute atomic E-state index is 13.6. The van der Waals surface area contributed by atoms with Crippen LogP contribution in [-0.2, 0) is 20.3 Å². The molecule has 0 amide bonds. The van der Waals surface area contributed by atoms with Gasteiger partial charge in [-0.05, 0) is 6.07 Å². The van der Waals surface area contributed by atoms with Crippen molar-refractivity contribution < 1.29 is 17.5 Å². The highest BCUT2D eigenvalue weighted by Gasteiger charge is 2.24. The topological polar surface area (TPSA) is 72.4 Å². The molecular formula is C13H14FN3O3S2. The summed E-state index contributed by atoms with van der Waals surface area (Å²) < 4.78 is 43.5. The first kappa shape index (κ1) is 15.3. The molecule has 0 radical (unpaired) electrons. The molecule has 1 saturated heterocycles. The summed E-state index contributed by atoms with van der Waals surface area (Å²) in [4.78, 5) is 1.93. The van der Waals surface area contributed by atoms with Crippen LogP contribution >= 0.6 is 11.3 Å². The summed E-state index contributed by atoms with van der Waals surface area (Å²) in [6, 6.07) is 5.82. The fourth-order valence-corrected chi connectivity index (χ4v) is 4.56. The molecule has 3 rings (SSSR count). The first-order chi connectivity index (χ1) is 10.6. The summed E-state index contributed by atoms with van der Waals surface area (Å²) in [5, 5.41) is 8.25. The molecule has 1 aliphatic rings. The zero-order valence-electron chi connectivity index (χ0n) is 11.6. The molecule has 22 heavy (non-hydrogen) atoms. The van der Waals surface area contributed by atoms with E-state index in [1.165, 1.54) is 18.2 Å². The molecular weight excluding hydrogens is 329 g/mol. The van der Waals surface area contributed by atoms with E-state index < -0.39 is 21.4 Å². The molecule has 0 unspecified atom stereocenters. The number of hydrogen-bond acceptors (Lipinski definition) is 7. The molecule has 1 aromatic heterocycles. The number of halogens is 1. The molecule has 0 atom stereocenters. The number of benzene rings is 1. The summed E-state index contributed by atoms with van der Waals surface area (Å²) in [6.45, 7) is 2.47. The Morgan fingerprint density at radius 3 is 2.68 bits per heavy atom. The average molecular weight is 343 g/mol. The third kappa shape index (κ3) is 3.26. The van der Waals surface area contributed by atoms with Gasteiger partial charge in [-0.15, -0.1) is 10.2 Å². The first-order valence-corrected chi connectivity index (χ1v) is 9.15. The van der Waals surface area contributed by atoms with Crippen LogP contribution in [0.1, 0.15) is 5.56 Å². The van der Waals surface area contributed by atoms with Crippen LogP contribution in [0.15, 0.2) is 28.6 Å². The van der Waals surface area contributed by atoms with Gasteiger partial charge in [-0.1, -0.05) is 29.5 Å². The number of hydrogen-bond donors (Lipinski definition) is 0. The Hall–Kier alpha value is -1.58. The molecule has 0 N–H and O–H groups in total. The zero-order valence-corrected chi connectivity index (χ0v) is 13.2. The molecule has 2 heterocycles. The minimum Gasteiger partial charge on any atom is -0.378 e. The van der Waals surface area contributed by atoms with Gasteiger partial charge in [0.25, 0.3) is 0 Å². The van der Waals surface area contributed by atoms with Gasteiger partial charge in [0.2, 0.25) is 19.3 Å². The second-order valence-corrected chi connectivity index (χ2v) is 7.92. The van der Waals surface area contributed by atoms with Crippen LogP contribution in [0.25, 0.3) is 0 Å². The number of sulfone groups is 1. The SMILES string of the molecule is O=S(=O)(Cc1ccccc1F)c1nnc(N2CCOCC2)s1. The third-order valence-electron chi connectivity index (χ3n) is 3.25. The first-order valence-electron chi connectivity index (χ1n) is 6.68. The number of rotatable bonds is 4. The number of aromatic nitrogens is 2. The van der Waals surface area contributed by atoms with Crippen LogP contribution in [0.2, 0.25) is 0 Å². The Labute approximate surface area is 131 Å². The van der Waals surface area contributed by atoms with E-state index in [2.05, 4.69) is 10.2 Å². The molecule has 0 spiro atoms. The molecule has 2 aromatic rings. The quantitative estimate of drug-likeness (QED) is 0.837. The largest absolute Gasteiger partial charge is 0.378 e. The standard InChI is InChI=1S/C13H14FN3O3S2/c14-11-4-2-1-3-10(11)9-22(18,19)13-16-15-12(21-13)17-5-7-20-8-6-17/h1-4H,5-9H2. The van der Waals surface area contributed by atoms with Crippen molar-refractivity contribution in [3.63, 3.8) is 0 Å². The predicted octanol–water partition coefficient (Wildman–Crippen LogP) is 1.49. The fourth-order valence-electron chi connectivity index (χ4n) is 2.09. The van der Waals surface area contributed by atoms with Crippen LogP contribution < -0.4 is 4.90 Å². The number of anilines is 1. The lowest BCUT2D eigenvalue weighted by Gasteiger charge is -2.25. The Kier molecular flexibility index (Phi) is 4.37. The molecule has 0 aliphatic carbocycles. The van der Waals surface area contributed by atoms with Gasteiger partial charge in [0.1, 0.15) is 5.82 Å². The van der Waals surface area contributed by atoms with Crippen molar-refractivity contribution in [3.8, 4) is 0 Å². The van der Waals surface area contributed by atoms with Gasteiger partial charge >= 0.3 is 0 Å². The normalized spacial score (nSPS) is 16.0. The third-order valence-corrected chi connectivity index (χ3v) is 6.34. The molecule has 1 fully saturated rings. The van der Waals surface area contributed by atoms with E-state index in [4.69, 9.17) is 4.74 Å². The van der Waals surface area contributed by atoms with E-state index in [1.807, 2.05) is 4.90 Å². The molecule has 6 nitrogen and oxygen atoms in total. The van der Waals surface area contributed by atoms with E-state index in [9.17, 15) is 12.8 Å². The maximum atomic E-state index is 13.6. The smallest absolute Gasteiger partial charge is 0.234 e. The van der Waals surface area contributed by atoms with Crippen LogP contribution in [-0.4, -0.2) is 44.9 Å². The van der Waals surface area contributed by atoms with Crippen molar-refractivity contribution in [1.82, 2.24) is 10.2 Å². The molecule has 118 valence electrons. The van der Waals surface area contributed by atoms with Crippen molar-refractivity contribution in [2.24, 2.45) is 0 Å². The highest BCUT2D eigenvalue weighted by atomic mass is 32.2. The lowest BCUT2D eigenvalue weighted by Crippen LogP contribution is -2.36. The summed E-state index contributed by atoms with van der Waals surface area (Å²) in [5.74, 6) is -0.957. The molecule has 1 aliphatic heterocycles. The molecule has 9 heteroatoms. The number of nitrogens with zero attached hydrogens (tertiary/aromatic N) is 3. The predicted molar refractivity (Wildman–Crippen MR) is 80.2 cm³/mol. The van der Waals surface area contributed by atoms with Gasteiger partial charge < -0.3 is 9.64 Å². The van der Waals surface area contributed by atoms with E-state index in [1.54, 1.807) is 6.07 Å². The Bertz CT molecular complexity index is 757. The lowest BCUT2D eigenvalue weighted by atomic mass is 10.2. The summed E-state index contributed by atoms with van der Waals surface area (Å²) >= 11 is 1.01. The van der Waals surface area contributed by atoms with Crippen molar-refractivity contribution >= 4 is 26.3 Å². The van der Waals surface area contributed by atoms with Crippen molar-refractivity contribution in [3.05, 3.63) is 35.6 Å². The van der Waals surface area contributed by atoms with Crippen LogP contribution in [0.5, 0.6) is 0 Å². The Morgan fingerprint density at radius 1 is 1.23 bits per heavy atom. The number of morpholine rings is 1. The molecule has 0 saturated carbocycles. The Morgan fingerprint density at radius 2 is 1.95 bits per heavy atom. The second-order valence-electron chi connectivity index (χ2n) is 4.80. The summed E-state index contributed by atoms with van der Waals surface area (Å²) in [7, 11) is -3.71. The van der Waals surface area contributed by atoms with E-state index in [0.717, 1.165) is 11.3 Å². The maximum Gasteiger partial charge on any atom is 0.234 e. The number of ether oxygens (including phenoxy) is 1. The van der Waals surface area contributed by atoms with E-state index in [0.29, 0.717) is 31.4 Å². The highest BCUT2D eigenvalue weighted by Crippen LogP contribution is 2.27. The molecule has 0 bridgehead atoms. The highest BCUT2D eigenvalue weighted by molar-refractivity contribution is 7.92. The van der Waals surface area contributed by atoms with Gasteiger partial charge in [0.15, 0.2) is 0 Å². The van der Waals surface area contributed by atoms with Crippen LogP contribution in [0.4, 0.5) is 9.52 Å². The van der Waals surface area contributed by atoms with Gasteiger partial charge in [0, 0.05) is 18.7 Å². The van der Waals surface area contributed by atoms with Crippen molar-refractivity contribution in [2.45, 2.75) is 10.1 Å². The summed E-state index contributed by atoms with van der Waals surface area (Å²) in [5.41, 5.74) is 0.130. The van der Waals surface area contributed by atoms with E-state index in [-0.39, 0.29) is 9.90 Å². The lowest BCUT2D eigenvalue weighted by molar-refractivity contribution is 0.122. The molecule has 1 aromatic carbocycles.